The van der Waals surface area contributed by atoms with Crippen LogP contribution in [0.1, 0.15) is 30.5 Å². The van der Waals surface area contributed by atoms with E-state index in [1.54, 1.807) is 25.3 Å². The zero-order chi connectivity index (χ0) is 20.0. The Morgan fingerprint density at radius 3 is 2.67 bits per heavy atom. The highest BCUT2D eigenvalue weighted by Gasteiger charge is 2.12. The fourth-order valence-electron chi connectivity index (χ4n) is 2.46. The number of anilines is 1. The van der Waals surface area contributed by atoms with Crippen LogP contribution in [0, 0.1) is 19.8 Å². The normalized spacial score (nSPS) is 11.1. The first-order valence-electron chi connectivity index (χ1n) is 8.87. The van der Waals surface area contributed by atoms with Crippen molar-refractivity contribution in [3.05, 3.63) is 58.1 Å². The Bertz CT molecular complexity index is 844. The number of hydrogen-bond donors (Lipinski definition) is 1. The van der Waals surface area contributed by atoms with Gasteiger partial charge in [0.1, 0.15) is 0 Å². The Morgan fingerprint density at radius 2 is 2.00 bits per heavy atom. The summed E-state index contributed by atoms with van der Waals surface area (Å²) < 4.78 is 11.1. The van der Waals surface area contributed by atoms with Gasteiger partial charge in [-0.3, -0.25) is 4.79 Å². The second kappa shape index (κ2) is 9.47. The van der Waals surface area contributed by atoms with Crippen LogP contribution in [0.25, 0.3) is 6.08 Å². The van der Waals surface area contributed by atoms with Crippen molar-refractivity contribution in [2.45, 2.75) is 27.7 Å². The van der Waals surface area contributed by atoms with Gasteiger partial charge in [0.2, 0.25) is 5.91 Å². The van der Waals surface area contributed by atoms with E-state index in [4.69, 9.17) is 21.1 Å². The molecule has 1 amide bonds. The summed E-state index contributed by atoms with van der Waals surface area (Å²) in [4.78, 5) is 12.2. The van der Waals surface area contributed by atoms with Gasteiger partial charge in [-0.2, -0.15) is 0 Å². The molecule has 144 valence electrons. The summed E-state index contributed by atoms with van der Waals surface area (Å²) in [5.74, 6) is 1.22. The molecule has 27 heavy (non-hydrogen) atoms. The molecule has 2 aromatic carbocycles. The van der Waals surface area contributed by atoms with E-state index < -0.39 is 0 Å². The number of rotatable bonds is 7. The van der Waals surface area contributed by atoms with Gasteiger partial charge in [-0.1, -0.05) is 37.6 Å². The summed E-state index contributed by atoms with van der Waals surface area (Å²) in [7, 11) is 1.56. The fourth-order valence-corrected chi connectivity index (χ4v) is 2.73. The smallest absolute Gasteiger partial charge is 0.248 e. The maximum absolute atomic E-state index is 12.2. The molecule has 0 aromatic heterocycles. The summed E-state index contributed by atoms with van der Waals surface area (Å²) in [5.41, 5.74) is 3.74. The third-order valence-electron chi connectivity index (χ3n) is 4.10. The van der Waals surface area contributed by atoms with E-state index in [9.17, 15) is 4.79 Å². The van der Waals surface area contributed by atoms with Crippen molar-refractivity contribution < 1.29 is 14.3 Å². The SMILES string of the molecule is COc1cc(/C=C/C(=O)Nc2cccc(C)c2C)cc(Cl)c1OCC(C)C. The zero-order valence-electron chi connectivity index (χ0n) is 16.4. The number of halogens is 1. The first kappa shape index (κ1) is 20.8. The number of carbonyl (C=O) groups is 1. The van der Waals surface area contributed by atoms with Gasteiger partial charge in [-0.15, -0.1) is 0 Å². The molecule has 0 saturated carbocycles. The van der Waals surface area contributed by atoms with Crippen LogP contribution < -0.4 is 14.8 Å². The Hall–Kier alpha value is -2.46. The molecule has 2 rings (SSSR count). The maximum Gasteiger partial charge on any atom is 0.248 e. The third kappa shape index (κ3) is 5.76. The summed E-state index contributed by atoms with van der Waals surface area (Å²) in [6.45, 7) is 8.66. The minimum Gasteiger partial charge on any atom is -0.493 e. The minimum atomic E-state index is -0.209. The number of amides is 1. The second-order valence-corrected chi connectivity index (χ2v) is 7.22. The van der Waals surface area contributed by atoms with E-state index in [1.807, 2.05) is 32.0 Å². The van der Waals surface area contributed by atoms with E-state index >= 15 is 0 Å². The van der Waals surface area contributed by atoms with Gasteiger partial charge in [-0.25, -0.2) is 0 Å². The van der Waals surface area contributed by atoms with E-state index in [2.05, 4.69) is 19.2 Å². The lowest BCUT2D eigenvalue weighted by atomic mass is 10.1. The van der Waals surface area contributed by atoms with Crippen LogP contribution in [0.5, 0.6) is 11.5 Å². The average Bonchev–Trinajstić information content (AvgIpc) is 2.62. The van der Waals surface area contributed by atoms with Crippen molar-refractivity contribution in [1.29, 1.82) is 0 Å². The Kier molecular flexibility index (Phi) is 7.31. The molecule has 0 radical (unpaired) electrons. The van der Waals surface area contributed by atoms with Crippen molar-refractivity contribution in [3.8, 4) is 11.5 Å². The van der Waals surface area contributed by atoms with Crippen LogP contribution in [-0.2, 0) is 4.79 Å². The molecule has 5 heteroatoms. The summed E-state index contributed by atoms with van der Waals surface area (Å²) in [5, 5.41) is 3.34. The highest BCUT2D eigenvalue weighted by Crippen LogP contribution is 2.37. The third-order valence-corrected chi connectivity index (χ3v) is 4.38. The number of carbonyl (C=O) groups excluding carboxylic acids is 1. The van der Waals surface area contributed by atoms with Gasteiger partial charge in [0.25, 0.3) is 0 Å². The summed E-state index contributed by atoms with van der Waals surface area (Å²) >= 11 is 6.34. The molecule has 0 fully saturated rings. The topological polar surface area (TPSA) is 47.6 Å². The van der Waals surface area contributed by atoms with Crippen LogP contribution in [-0.4, -0.2) is 19.6 Å². The fraction of sp³-hybridized carbons (Fsp3) is 0.318. The molecule has 0 heterocycles. The van der Waals surface area contributed by atoms with Gasteiger partial charge in [0, 0.05) is 11.8 Å². The minimum absolute atomic E-state index is 0.209. The zero-order valence-corrected chi connectivity index (χ0v) is 17.2. The Morgan fingerprint density at radius 1 is 1.26 bits per heavy atom. The molecule has 0 aliphatic heterocycles. The van der Waals surface area contributed by atoms with Crippen LogP contribution >= 0.6 is 11.6 Å². The van der Waals surface area contributed by atoms with Crippen molar-refractivity contribution in [1.82, 2.24) is 0 Å². The average molecular weight is 388 g/mol. The molecule has 2 aromatic rings. The predicted octanol–water partition coefficient (Wildman–Crippen LogP) is 5.65. The van der Waals surface area contributed by atoms with Gasteiger partial charge in [0.15, 0.2) is 11.5 Å². The quantitative estimate of drug-likeness (QED) is 0.624. The van der Waals surface area contributed by atoms with Crippen LogP contribution in [0.2, 0.25) is 5.02 Å². The van der Waals surface area contributed by atoms with Gasteiger partial charge < -0.3 is 14.8 Å². The summed E-state index contributed by atoms with van der Waals surface area (Å²) in [6.07, 6.45) is 3.17. The Balaban J connectivity index is 2.15. The molecular weight excluding hydrogens is 362 g/mol. The van der Waals surface area contributed by atoms with E-state index in [0.717, 1.165) is 22.4 Å². The standard InChI is InChI=1S/C22H26ClNO3/c1-14(2)13-27-22-18(23)11-17(12-20(22)26-5)9-10-21(25)24-19-8-6-7-15(3)16(19)4/h6-12,14H,13H2,1-5H3,(H,24,25)/b10-9+. The number of aryl methyl sites for hydroxylation is 1. The van der Waals surface area contributed by atoms with Gasteiger partial charge >= 0.3 is 0 Å². The molecule has 0 spiro atoms. The Labute approximate surface area is 166 Å². The molecule has 0 aliphatic rings. The van der Waals surface area contributed by atoms with Gasteiger partial charge in [0.05, 0.1) is 18.7 Å². The number of methoxy groups -OCH3 is 1. The predicted molar refractivity (Wildman–Crippen MR) is 112 cm³/mol. The molecule has 0 atom stereocenters. The lowest BCUT2D eigenvalue weighted by Crippen LogP contribution is -2.09. The first-order chi connectivity index (χ1) is 12.8. The highest BCUT2D eigenvalue weighted by molar-refractivity contribution is 6.32. The van der Waals surface area contributed by atoms with E-state index in [0.29, 0.717) is 29.0 Å². The molecule has 1 N–H and O–H groups in total. The molecular formula is C22H26ClNO3. The summed E-state index contributed by atoms with van der Waals surface area (Å²) in [6, 6.07) is 9.36. The number of benzene rings is 2. The lowest BCUT2D eigenvalue weighted by molar-refractivity contribution is -0.111. The molecule has 0 aliphatic carbocycles. The highest BCUT2D eigenvalue weighted by atomic mass is 35.5. The van der Waals surface area contributed by atoms with Crippen molar-refractivity contribution in [2.75, 3.05) is 19.0 Å². The maximum atomic E-state index is 12.2. The van der Waals surface area contributed by atoms with Crippen LogP contribution in [0.4, 0.5) is 5.69 Å². The number of nitrogens with one attached hydrogen (secondary N) is 1. The molecule has 0 saturated heterocycles. The second-order valence-electron chi connectivity index (χ2n) is 6.81. The van der Waals surface area contributed by atoms with E-state index in [-0.39, 0.29) is 5.91 Å². The van der Waals surface area contributed by atoms with E-state index in [1.165, 1.54) is 6.08 Å². The first-order valence-corrected chi connectivity index (χ1v) is 9.25. The monoisotopic (exact) mass is 387 g/mol. The number of hydrogen-bond acceptors (Lipinski definition) is 3. The van der Waals surface area contributed by atoms with Crippen molar-refractivity contribution in [3.63, 3.8) is 0 Å². The molecule has 4 nitrogen and oxygen atoms in total. The molecule has 0 bridgehead atoms. The molecule has 0 unspecified atom stereocenters. The number of ether oxygens (including phenoxy) is 2. The van der Waals surface area contributed by atoms with Gasteiger partial charge in [-0.05, 0) is 60.7 Å². The van der Waals surface area contributed by atoms with Crippen LogP contribution in [0.15, 0.2) is 36.4 Å². The van der Waals surface area contributed by atoms with Crippen LogP contribution in [0.3, 0.4) is 0 Å². The lowest BCUT2D eigenvalue weighted by Gasteiger charge is -2.14. The van der Waals surface area contributed by atoms with Crippen molar-refractivity contribution >= 4 is 29.3 Å². The largest absolute Gasteiger partial charge is 0.493 e. The van der Waals surface area contributed by atoms with Crippen molar-refractivity contribution in [2.24, 2.45) is 5.92 Å².